The summed E-state index contributed by atoms with van der Waals surface area (Å²) in [4.78, 5) is 16.8. The highest BCUT2D eigenvalue weighted by Crippen LogP contribution is 2.32. The molecule has 24 heavy (non-hydrogen) atoms. The molecule has 2 aliphatic heterocycles. The van der Waals surface area contributed by atoms with E-state index in [1.165, 1.54) is 16.9 Å². The van der Waals surface area contributed by atoms with Crippen LogP contribution in [0.3, 0.4) is 0 Å². The van der Waals surface area contributed by atoms with Crippen LogP contribution in [0.1, 0.15) is 24.8 Å². The first-order valence-electron chi connectivity index (χ1n) is 8.05. The maximum atomic E-state index is 12.2. The van der Waals surface area contributed by atoms with Crippen molar-refractivity contribution in [3.63, 3.8) is 0 Å². The van der Waals surface area contributed by atoms with Crippen molar-refractivity contribution in [1.29, 1.82) is 0 Å². The lowest BCUT2D eigenvalue weighted by atomic mass is 10.0. The fourth-order valence-electron chi connectivity index (χ4n) is 3.08. The molecule has 2 N–H and O–H groups in total. The third kappa shape index (κ3) is 3.55. The number of fused-ring (bicyclic) bond motifs is 1. The molecule has 7 heteroatoms. The Morgan fingerprint density at radius 3 is 3.12 bits per heavy atom. The molecule has 0 aliphatic carbocycles. The monoisotopic (exact) mass is 365 g/mol. The number of hydrogen-bond acceptors (Lipinski definition) is 5. The number of ether oxygens (including phenoxy) is 1. The number of carbonyl (C=O) groups is 1. The zero-order valence-corrected chi connectivity index (χ0v) is 14.8. The minimum atomic E-state index is -0.0896. The number of amides is 1. The van der Waals surface area contributed by atoms with E-state index in [0.717, 1.165) is 55.8 Å². The van der Waals surface area contributed by atoms with Crippen LogP contribution < -0.4 is 15.4 Å². The van der Waals surface area contributed by atoms with Crippen molar-refractivity contribution in [2.75, 3.05) is 18.5 Å². The highest BCUT2D eigenvalue weighted by atomic mass is 35.5. The predicted octanol–water partition coefficient (Wildman–Crippen LogP) is 3.25. The predicted molar refractivity (Wildman–Crippen MR) is 98.3 cm³/mol. The van der Waals surface area contributed by atoms with Gasteiger partial charge in [-0.05, 0) is 43.1 Å². The smallest absolute Gasteiger partial charge is 0.243 e. The lowest BCUT2D eigenvalue weighted by Crippen LogP contribution is -2.43. The molecule has 5 nitrogen and oxygen atoms in total. The van der Waals surface area contributed by atoms with E-state index >= 15 is 0 Å². The minimum Gasteiger partial charge on any atom is -0.493 e. The summed E-state index contributed by atoms with van der Waals surface area (Å²) in [5, 5.41) is 8.84. The molecule has 0 radical (unpaired) electrons. The number of hydrogen-bond donors (Lipinski definition) is 2. The van der Waals surface area contributed by atoms with Crippen molar-refractivity contribution in [2.45, 2.75) is 31.7 Å². The second-order valence-corrected chi connectivity index (χ2v) is 6.81. The van der Waals surface area contributed by atoms with Gasteiger partial charge in [0.2, 0.25) is 5.91 Å². The van der Waals surface area contributed by atoms with E-state index in [2.05, 4.69) is 21.7 Å². The summed E-state index contributed by atoms with van der Waals surface area (Å²) in [5.41, 5.74) is 3.20. The van der Waals surface area contributed by atoms with Gasteiger partial charge in [-0.15, -0.1) is 23.7 Å². The van der Waals surface area contributed by atoms with Crippen LogP contribution >= 0.6 is 23.7 Å². The molecule has 0 spiro atoms. The third-order valence-electron chi connectivity index (χ3n) is 4.35. The van der Waals surface area contributed by atoms with Gasteiger partial charge in [0, 0.05) is 17.4 Å². The van der Waals surface area contributed by atoms with Crippen LogP contribution in [-0.2, 0) is 11.2 Å². The molecule has 1 aromatic heterocycles. The minimum absolute atomic E-state index is 0. The zero-order chi connectivity index (χ0) is 15.6. The zero-order valence-electron chi connectivity index (χ0n) is 13.2. The summed E-state index contributed by atoms with van der Waals surface area (Å²) in [6.07, 6.45) is 4.10. The molecule has 1 amide bonds. The highest BCUT2D eigenvalue weighted by molar-refractivity contribution is 7.14. The van der Waals surface area contributed by atoms with Gasteiger partial charge in [-0.3, -0.25) is 4.79 Å². The average molecular weight is 366 g/mol. The number of rotatable bonds is 3. The van der Waals surface area contributed by atoms with Crippen LogP contribution in [0.2, 0.25) is 0 Å². The second kappa shape index (κ2) is 7.51. The highest BCUT2D eigenvalue weighted by Gasteiger charge is 2.21. The quantitative estimate of drug-likeness (QED) is 0.876. The lowest BCUT2D eigenvalue weighted by Gasteiger charge is -2.21. The van der Waals surface area contributed by atoms with E-state index in [1.54, 1.807) is 0 Å². The molecule has 1 unspecified atom stereocenters. The first kappa shape index (κ1) is 17.2. The standard InChI is InChI=1S/C17H19N3O2S.ClH/c21-16(13-3-1-2-7-18-13)20-17-19-14(10-23-17)11-4-5-15-12(9-11)6-8-22-15;/h4-5,9-10,13,18H,1-3,6-8H2,(H,19,20,21);1H. The summed E-state index contributed by atoms with van der Waals surface area (Å²) >= 11 is 1.47. The van der Waals surface area contributed by atoms with E-state index in [-0.39, 0.29) is 24.4 Å². The third-order valence-corrected chi connectivity index (χ3v) is 5.10. The summed E-state index contributed by atoms with van der Waals surface area (Å²) in [5.74, 6) is 0.994. The molecule has 2 aromatic rings. The number of nitrogens with one attached hydrogen (secondary N) is 2. The van der Waals surface area contributed by atoms with E-state index in [0.29, 0.717) is 5.13 Å². The summed E-state index contributed by atoms with van der Waals surface area (Å²) in [6, 6.07) is 6.06. The number of piperidine rings is 1. The fraction of sp³-hybridized carbons (Fsp3) is 0.412. The van der Waals surface area contributed by atoms with Crippen molar-refractivity contribution in [2.24, 2.45) is 0 Å². The van der Waals surface area contributed by atoms with Crippen LogP contribution in [0.4, 0.5) is 5.13 Å². The Kier molecular flexibility index (Phi) is 5.38. The number of thiazole rings is 1. The van der Waals surface area contributed by atoms with Gasteiger partial charge in [0.15, 0.2) is 5.13 Å². The topological polar surface area (TPSA) is 63.2 Å². The molecule has 3 heterocycles. The van der Waals surface area contributed by atoms with Gasteiger partial charge in [0.05, 0.1) is 18.3 Å². The van der Waals surface area contributed by atoms with E-state index in [1.807, 2.05) is 17.5 Å². The number of benzene rings is 1. The van der Waals surface area contributed by atoms with Gasteiger partial charge >= 0.3 is 0 Å². The van der Waals surface area contributed by atoms with Crippen LogP contribution in [0.25, 0.3) is 11.3 Å². The molecular formula is C17H20ClN3O2S. The summed E-state index contributed by atoms with van der Waals surface area (Å²) in [7, 11) is 0. The Hall–Kier alpha value is -1.63. The normalized spacial score (nSPS) is 19.1. The first-order chi connectivity index (χ1) is 11.3. The molecule has 1 atom stereocenters. The van der Waals surface area contributed by atoms with E-state index < -0.39 is 0 Å². The molecule has 1 saturated heterocycles. The van der Waals surface area contributed by atoms with Gasteiger partial charge in [-0.25, -0.2) is 4.98 Å². The van der Waals surface area contributed by atoms with Crippen LogP contribution in [-0.4, -0.2) is 30.1 Å². The second-order valence-electron chi connectivity index (χ2n) is 5.95. The maximum absolute atomic E-state index is 12.2. The van der Waals surface area contributed by atoms with Crippen molar-refractivity contribution in [3.8, 4) is 17.0 Å². The van der Waals surface area contributed by atoms with Crippen molar-refractivity contribution in [3.05, 3.63) is 29.1 Å². The Morgan fingerprint density at radius 2 is 2.29 bits per heavy atom. The molecule has 0 saturated carbocycles. The molecule has 1 fully saturated rings. The number of halogens is 1. The van der Waals surface area contributed by atoms with Gasteiger partial charge in [0.1, 0.15) is 5.75 Å². The Morgan fingerprint density at radius 1 is 1.38 bits per heavy atom. The van der Waals surface area contributed by atoms with Crippen molar-refractivity contribution < 1.29 is 9.53 Å². The maximum Gasteiger partial charge on any atom is 0.243 e. The molecular weight excluding hydrogens is 346 g/mol. The van der Waals surface area contributed by atoms with Crippen LogP contribution in [0, 0.1) is 0 Å². The molecule has 0 bridgehead atoms. The molecule has 1 aromatic carbocycles. The number of nitrogens with zero attached hydrogens (tertiary/aromatic N) is 1. The molecule has 4 rings (SSSR count). The van der Waals surface area contributed by atoms with E-state index in [9.17, 15) is 4.79 Å². The SMILES string of the molecule is Cl.O=C(Nc1nc(-c2ccc3c(c2)CCO3)cs1)C1CCCCN1. The molecule has 128 valence electrons. The lowest BCUT2D eigenvalue weighted by molar-refractivity contribution is -0.118. The van der Waals surface area contributed by atoms with E-state index in [4.69, 9.17) is 4.74 Å². The number of carbonyl (C=O) groups excluding carboxylic acids is 1. The van der Waals surface area contributed by atoms with Crippen molar-refractivity contribution in [1.82, 2.24) is 10.3 Å². The largest absolute Gasteiger partial charge is 0.493 e. The van der Waals surface area contributed by atoms with Gasteiger partial charge in [-0.2, -0.15) is 0 Å². The Labute approximate surface area is 151 Å². The average Bonchev–Trinajstić information content (AvgIpc) is 3.23. The van der Waals surface area contributed by atoms with Gasteiger partial charge in [0.25, 0.3) is 0 Å². The van der Waals surface area contributed by atoms with Gasteiger partial charge < -0.3 is 15.4 Å². The Balaban J connectivity index is 0.00000169. The van der Waals surface area contributed by atoms with Crippen LogP contribution in [0.5, 0.6) is 5.75 Å². The fourth-order valence-corrected chi connectivity index (χ4v) is 3.80. The summed E-state index contributed by atoms with van der Waals surface area (Å²) < 4.78 is 5.53. The number of aromatic nitrogens is 1. The number of anilines is 1. The molecule has 2 aliphatic rings. The first-order valence-corrected chi connectivity index (χ1v) is 8.93. The Bertz CT molecular complexity index is 728. The summed E-state index contributed by atoms with van der Waals surface area (Å²) in [6.45, 7) is 1.67. The van der Waals surface area contributed by atoms with Gasteiger partial charge in [-0.1, -0.05) is 6.42 Å². The van der Waals surface area contributed by atoms with Crippen LogP contribution in [0.15, 0.2) is 23.6 Å². The van der Waals surface area contributed by atoms with Crippen molar-refractivity contribution >= 4 is 34.8 Å².